The van der Waals surface area contributed by atoms with Crippen molar-refractivity contribution < 1.29 is 14.7 Å². The average Bonchev–Trinajstić information content (AvgIpc) is 2.80. The minimum atomic E-state index is -0.899. The Labute approximate surface area is 124 Å². The van der Waals surface area contributed by atoms with Gasteiger partial charge in [-0.15, -0.1) is 0 Å². The van der Waals surface area contributed by atoms with Crippen LogP contribution in [-0.4, -0.2) is 51.3 Å². The molecule has 118 valence electrons. The van der Waals surface area contributed by atoms with Crippen molar-refractivity contribution >= 4 is 12.0 Å². The Morgan fingerprint density at radius 1 is 1.52 bits per heavy atom. The van der Waals surface area contributed by atoms with E-state index in [1.165, 1.54) is 4.90 Å². The van der Waals surface area contributed by atoms with Gasteiger partial charge in [0.2, 0.25) is 0 Å². The van der Waals surface area contributed by atoms with Gasteiger partial charge in [-0.2, -0.15) is 5.10 Å². The Hall–Kier alpha value is -2.05. The minimum absolute atomic E-state index is 0.0462. The number of nitrogens with zero attached hydrogens (tertiary/aromatic N) is 2. The second-order valence-corrected chi connectivity index (χ2v) is 5.09. The molecule has 0 spiro atoms. The van der Waals surface area contributed by atoms with Crippen LogP contribution in [0.25, 0.3) is 0 Å². The summed E-state index contributed by atoms with van der Waals surface area (Å²) in [5, 5.41) is 18.5. The lowest BCUT2D eigenvalue weighted by Crippen LogP contribution is -2.45. The molecule has 0 aromatic carbocycles. The Bertz CT molecular complexity index is 473. The topological polar surface area (TPSA) is 98.3 Å². The summed E-state index contributed by atoms with van der Waals surface area (Å²) in [5.41, 5.74) is 2.20. The smallest absolute Gasteiger partial charge is 0.317 e. The van der Waals surface area contributed by atoms with Crippen molar-refractivity contribution in [3.8, 4) is 0 Å². The summed E-state index contributed by atoms with van der Waals surface area (Å²) in [6.45, 7) is 6.59. The van der Waals surface area contributed by atoms with Gasteiger partial charge in [-0.1, -0.05) is 0 Å². The lowest BCUT2D eigenvalue weighted by molar-refractivity contribution is -0.138. The molecule has 0 saturated heterocycles. The number of carbonyl (C=O) groups is 2. The van der Waals surface area contributed by atoms with Gasteiger partial charge in [-0.25, -0.2) is 4.79 Å². The number of urea groups is 1. The molecule has 1 aromatic rings. The van der Waals surface area contributed by atoms with Crippen molar-refractivity contribution in [3.63, 3.8) is 0 Å². The zero-order valence-corrected chi connectivity index (χ0v) is 12.8. The zero-order valence-electron chi connectivity index (χ0n) is 12.8. The summed E-state index contributed by atoms with van der Waals surface area (Å²) in [6, 6.07) is -0.529. The molecule has 1 atom stereocenters. The second kappa shape index (κ2) is 8.28. The van der Waals surface area contributed by atoms with E-state index < -0.39 is 5.97 Å². The Kier molecular flexibility index (Phi) is 6.71. The van der Waals surface area contributed by atoms with Crippen LogP contribution in [0.15, 0.2) is 6.20 Å². The summed E-state index contributed by atoms with van der Waals surface area (Å²) in [5.74, 6) is -0.899. The lowest BCUT2D eigenvalue weighted by atomic mass is 10.1. The molecule has 1 heterocycles. The van der Waals surface area contributed by atoms with Gasteiger partial charge in [0, 0.05) is 24.8 Å². The van der Waals surface area contributed by atoms with Crippen LogP contribution in [0.2, 0.25) is 0 Å². The first-order chi connectivity index (χ1) is 9.95. The van der Waals surface area contributed by atoms with Crippen molar-refractivity contribution in [2.45, 2.75) is 46.1 Å². The molecule has 1 unspecified atom stereocenters. The highest BCUT2D eigenvalue weighted by atomic mass is 16.4. The number of H-pyrrole nitrogens is 1. The molecule has 0 aliphatic heterocycles. The maximum atomic E-state index is 12.0. The van der Waals surface area contributed by atoms with Crippen LogP contribution < -0.4 is 5.32 Å². The van der Waals surface area contributed by atoms with Crippen LogP contribution in [0, 0.1) is 6.92 Å². The molecular weight excluding hydrogens is 272 g/mol. The van der Waals surface area contributed by atoms with Gasteiger partial charge >= 0.3 is 12.0 Å². The Balaban J connectivity index is 2.34. The first-order valence-electron chi connectivity index (χ1n) is 7.20. The number of aryl methyl sites for hydroxylation is 2. The average molecular weight is 296 g/mol. The number of carboxylic acids is 1. The van der Waals surface area contributed by atoms with Gasteiger partial charge in [0.05, 0.1) is 12.6 Å². The first kappa shape index (κ1) is 17.0. The minimum Gasteiger partial charge on any atom is -0.481 e. The summed E-state index contributed by atoms with van der Waals surface area (Å²) >= 11 is 0. The first-order valence-corrected chi connectivity index (χ1v) is 7.20. The third kappa shape index (κ3) is 5.45. The van der Waals surface area contributed by atoms with Gasteiger partial charge in [0.25, 0.3) is 0 Å². The highest BCUT2D eigenvalue weighted by Crippen LogP contribution is 2.06. The van der Waals surface area contributed by atoms with E-state index in [4.69, 9.17) is 5.11 Å². The van der Waals surface area contributed by atoms with Crippen LogP contribution in [0.4, 0.5) is 4.79 Å². The van der Waals surface area contributed by atoms with Gasteiger partial charge in [-0.05, 0) is 39.2 Å². The number of aromatic nitrogens is 2. The molecule has 0 bridgehead atoms. The number of rotatable bonds is 8. The van der Waals surface area contributed by atoms with Gasteiger partial charge in [0.15, 0.2) is 0 Å². The molecule has 0 aliphatic carbocycles. The van der Waals surface area contributed by atoms with E-state index in [9.17, 15) is 9.59 Å². The molecule has 0 saturated carbocycles. The van der Waals surface area contributed by atoms with E-state index in [2.05, 4.69) is 15.5 Å². The molecule has 3 N–H and O–H groups in total. The maximum Gasteiger partial charge on any atom is 0.317 e. The Morgan fingerprint density at radius 3 is 2.76 bits per heavy atom. The molecule has 2 amide bonds. The fourth-order valence-electron chi connectivity index (χ4n) is 2.22. The van der Waals surface area contributed by atoms with Gasteiger partial charge in [0.1, 0.15) is 0 Å². The summed E-state index contributed by atoms with van der Waals surface area (Å²) in [7, 11) is 0. The van der Waals surface area contributed by atoms with Crippen LogP contribution in [0.3, 0.4) is 0 Å². The number of aliphatic carboxylic acids is 1. The molecular formula is C14H24N4O3. The van der Waals surface area contributed by atoms with Crippen LogP contribution in [0.5, 0.6) is 0 Å². The molecule has 0 fully saturated rings. The van der Waals surface area contributed by atoms with Gasteiger partial charge in [-0.3, -0.25) is 9.89 Å². The fraction of sp³-hybridized carbons (Fsp3) is 0.643. The molecule has 21 heavy (non-hydrogen) atoms. The highest BCUT2D eigenvalue weighted by Gasteiger charge is 2.20. The van der Waals surface area contributed by atoms with Crippen LogP contribution in [0.1, 0.15) is 37.9 Å². The summed E-state index contributed by atoms with van der Waals surface area (Å²) < 4.78 is 0. The lowest BCUT2D eigenvalue weighted by Gasteiger charge is -2.27. The zero-order chi connectivity index (χ0) is 15.8. The van der Waals surface area contributed by atoms with Crippen LogP contribution >= 0.6 is 0 Å². The molecule has 1 rings (SSSR count). The number of carbonyl (C=O) groups excluding carboxylic acids is 1. The number of hydrogen-bond acceptors (Lipinski definition) is 3. The monoisotopic (exact) mass is 296 g/mol. The summed E-state index contributed by atoms with van der Waals surface area (Å²) in [4.78, 5) is 24.3. The third-order valence-corrected chi connectivity index (χ3v) is 3.44. The maximum absolute atomic E-state index is 12.0. The fourth-order valence-corrected chi connectivity index (χ4v) is 2.22. The van der Waals surface area contributed by atoms with E-state index >= 15 is 0 Å². The van der Waals surface area contributed by atoms with Crippen molar-refractivity contribution in [2.75, 3.05) is 13.1 Å². The van der Waals surface area contributed by atoms with E-state index in [0.29, 0.717) is 13.1 Å². The predicted molar refractivity (Wildman–Crippen MR) is 79.1 cm³/mol. The SMILES string of the molecule is CCN(C(=O)NCCCc1cn[nH]c1C)C(C)CC(=O)O. The molecule has 0 aliphatic rings. The number of amides is 2. The number of nitrogens with one attached hydrogen (secondary N) is 2. The third-order valence-electron chi connectivity index (χ3n) is 3.44. The van der Waals surface area contributed by atoms with Crippen molar-refractivity contribution in [1.29, 1.82) is 0 Å². The molecule has 7 heteroatoms. The van der Waals surface area contributed by atoms with Gasteiger partial charge < -0.3 is 15.3 Å². The van der Waals surface area contributed by atoms with E-state index in [0.717, 1.165) is 24.1 Å². The van der Waals surface area contributed by atoms with Crippen LogP contribution in [-0.2, 0) is 11.2 Å². The second-order valence-electron chi connectivity index (χ2n) is 5.09. The number of hydrogen-bond donors (Lipinski definition) is 3. The van der Waals surface area contributed by atoms with Crippen molar-refractivity contribution in [1.82, 2.24) is 20.4 Å². The van der Waals surface area contributed by atoms with E-state index in [-0.39, 0.29) is 18.5 Å². The highest BCUT2D eigenvalue weighted by molar-refractivity contribution is 5.75. The largest absolute Gasteiger partial charge is 0.481 e. The summed E-state index contributed by atoms with van der Waals surface area (Å²) in [6.07, 6.45) is 3.41. The van der Waals surface area contributed by atoms with E-state index in [1.807, 2.05) is 13.8 Å². The van der Waals surface area contributed by atoms with Crippen molar-refractivity contribution in [3.05, 3.63) is 17.5 Å². The Morgan fingerprint density at radius 2 is 2.24 bits per heavy atom. The number of aromatic amines is 1. The van der Waals surface area contributed by atoms with Crippen molar-refractivity contribution in [2.24, 2.45) is 0 Å². The molecule has 0 radical (unpaired) electrons. The quantitative estimate of drug-likeness (QED) is 0.634. The normalized spacial score (nSPS) is 12.0. The number of carboxylic acid groups (broad SMARTS) is 1. The van der Waals surface area contributed by atoms with E-state index in [1.54, 1.807) is 13.1 Å². The molecule has 1 aromatic heterocycles. The predicted octanol–water partition coefficient (Wildman–Crippen LogP) is 1.55. The molecule has 7 nitrogen and oxygen atoms in total. The standard InChI is InChI=1S/C14H24N4O3/c1-4-18(10(2)8-13(19)20)14(21)15-7-5-6-12-9-16-17-11(12)3/h9-10H,4-8H2,1-3H3,(H,15,21)(H,16,17)(H,19,20).